The van der Waals surface area contributed by atoms with Crippen molar-refractivity contribution >= 4 is 11.6 Å². The molecular formula is C15H15ClF2N2O. The smallest absolute Gasteiger partial charge is 0.131 e. The highest BCUT2D eigenvalue weighted by Gasteiger charge is 2.20. The molecule has 0 heterocycles. The first-order valence-electron chi connectivity index (χ1n) is 6.29. The van der Waals surface area contributed by atoms with Crippen molar-refractivity contribution in [3.8, 4) is 5.75 Å². The van der Waals surface area contributed by atoms with Crippen LogP contribution in [0, 0.1) is 11.6 Å². The first kappa shape index (κ1) is 15.7. The lowest BCUT2D eigenvalue weighted by atomic mass is 9.98. The summed E-state index contributed by atoms with van der Waals surface area (Å²) in [5.74, 6) is 5.06. The molecule has 21 heavy (non-hydrogen) atoms. The van der Waals surface area contributed by atoms with Crippen LogP contribution in [-0.2, 0) is 6.42 Å². The summed E-state index contributed by atoms with van der Waals surface area (Å²) in [5.41, 5.74) is 3.52. The second-order valence-electron chi connectivity index (χ2n) is 4.51. The predicted molar refractivity (Wildman–Crippen MR) is 78.1 cm³/mol. The number of methoxy groups -OCH3 is 1. The fourth-order valence-electron chi connectivity index (χ4n) is 2.18. The molecule has 0 aliphatic heterocycles. The molecule has 0 fully saturated rings. The van der Waals surface area contributed by atoms with E-state index in [4.69, 9.17) is 22.2 Å². The van der Waals surface area contributed by atoms with Crippen LogP contribution in [0.3, 0.4) is 0 Å². The molecule has 6 heteroatoms. The number of hydrogen-bond donors (Lipinski definition) is 2. The van der Waals surface area contributed by atoms with Crippen LogP contribution in [0.25, 0.3) is 0 Å². The molecule has 0 spiro atoms. The first-order chi connectivity index (χ1) is 10.1. The van der Waals surface area contributed by atoms with Gasteiger partial charge in [0.15, 0.2) is 0 Å². The average molecular weight is 313 g/mol. The summed E-state index contributed by atoms with van der Waals surface area (Å²) in [6.07, 6.45) is 0.299. The number of rotatable bonds is 5. The number of nitrogens with one attached hydrogen (secondary N) is 1. The summed E-state index contributed by atoms with van der Waals surface area (Å²) >= 11 is 6.00. The third-order valence-corrected chi connectivity index (χ3v) is 3.57. The minimum Gasteiger partial charge on any atom is -0.496 e. The van der Waals surface area contributed by atoms with Crippen LogP contribution in [0.15, 0.2) is 36.4 Å². The number of halogens is 3. The van der Waals surface area contributed by atoms with E-state index in [1.807, 2.05) is 0 Å². The van der Waals surface area contributed by atoms with Gasteiger partial charge >= 0.3 is 0 Å². The van der Waals surface area contributed by atoms with Crippen molar-refractivity contribution < 1.29 is 13.5 Å². The van der Waals surface area contributed by atoms with Crippen molar-refractivity contribution in [2.75, 3.05) is 7.11 Å². The Balaban J connectivity index is 2.36. The van der Waals surface area contributed by atoms with E-state index < -0.39 is 17.7 Å². The first-order valence-corrected chi connectivity index (χ1v) is 6.67. The van der Waals surface area contributed by atoms with Gasteiger partial charge in [0.2, 0.25) is 0 Å². The van der Waals surface area contributed by atoms with Gasteiger partial charge in [0.05, 0.1) is 13.2 Å². The highest BCUT2D eigenvalue weighted by atomic mass is 35.5. The summed E-state index contributed by atoms with van der Waals surface area (Å²) in [5, 5.41) is 0.269. The second-order valence-corrected chi connectivity index (χ2v) is 4.92. The topological polar surface area (TPSA) is 47.3 Å². The lowest BCUT2D eigenvalue weighted by Gasteiger charge is -2.20. The van der Waals surface area contributed by atoms with E-state index in [0.29, 0.717) is 23.3 Å². The molecule has 0 aromatic heterocycles. The maximum Gasteiger partial charge on any atom is 0.131 e. The predicted octanol–water partition coefficient (Wildman–Crippen LogP) is 3.37. The average Bonchev–Trinajstić information content (AvgIpc) is 2.47. The molecule has 112 valence electrons. The third kappa shape index (κ3) is 3.50. The lowest BCUT2D eigenvalue weighted by molar-refractivity contribution is 0.390. The molecule has 0 radical (unpaired) electrons. The maximum absolute atomic E-state index is 14.1. The summed E-state index contributed by atoms with van der Waals surface area (Å²) in [6.45, 7) is 0. The van der Waals surface area contributed by atoms with Gasteiger partial charge in [-0.25, -0.2) is 8.78 Å². The van der Waals surface area contributed by atoms with E-state index >= 15 is 0 Å². The van der Waals surface area contributed by atoms with E-state index in [0.717, 1.165) is 0 Å². The second kappa shape index (κ2) is 6.85. The van der Waals surface area contributed by atoms with Gasteiger partial charge in [-0.15, -0.1) is 0 Å². The minimum atomic E-state index is -0.552. The standard InChI is InChI=1S/C15H15ClF2N2O/c1-21-14-4-2-3-12(18)15(14)13(20-19)7-9-5-6-10(17)8-11(9)16/h2-6,8,13,20H,7,19H2,1H3. The molecule has 0 aliphatic rings. The van der Waals surface area contributed by atoms with Gasteiger partial charge in [-0.2, -0.15) is 0 Å². The Hall–Kier alpha value is -1.69. The normalized spacial score (nSPS) is 12.2. The van der Waals surface area contributed by atoms with E-state index in [1.54, 1.807) is 18.2 Å². The van der Waals surface area contributed by atoms with Crippen molar-refractivity contribution in [1.82, 2.24) is 5.43 Å². The summed E-state index contributed by atoms with van der Waals surface area (Å²) in [6, 6.07) is 8.04. The molecule has 2 aromatic rings. The Morgan fingerprint density at radius 2 is 2.05 bits per heavy atom. The van der Waals surface area contributed by atoms with Crippen LogP contribution in [0.4, 0.5) is 8.78 Å². The summed E-state index contributed by atoms with van der Waals surface area (Å²) in [7, 11) is 1.46. The van der Waals surface area contributed by atoms with Crippen LogP contribution < -0.4 is 16.0 Å². The molecule has 0 bridgehead atoms. The van der Waals surface area contributed by atoms with E-state index in [2.05, 4.69) is 5.43 Å². The zero-order valence-electron chi connectivity index (χ0n) is 11.4. The van der Waals surface area contributed by atoms with Crippen molar-refractivity contribution in [3.05, 3.63) is 64.2 Å². The van der Waals surface area contributed by atoms with E-state index in [9.17, 15) is 8.78 Å². The van der Waals surface area contributed by atoms with Gasteiger partial charge in [-0.1, -0.05) is 23.7 Å². The number of benzene rings is 2. The zero-order valence-corrected chi connectivity index (χ0v) is 12.1. The molecule has 3 N–H and O–H groups in total. The molecule has 0 saturated heterocycles. The molecule has 0 amide bonds. The van der Waals surface area contributed by atoms with Crippen LogP contribution in [0.1, 0.15) is 17.2 Å². The highest BCUT2D eigenvalue weighted by molar-refractivity contribution is 6.31. The van der Waals surface area contributed by atoms with Crippen LogP contribution >= 0.6 is 11.6 Å². The Morgan fingerprint density at radius 3 is 2.67 bits per heavy atom. The number of nitrogens with two attached hydrogens (primary N) is 1. The molecule has 2 aromatic carbocycles. The SMILES string of the molecule is COc1cccc(F)c1C(Cc1ccc(F)cc1Cl)NN. The monoisotopic (exact) mass is 312 g/mol. The molecular weight excluding hydrogens is 298 g/mol. The Morgan fingerprint density at radius 1 is 1.29 bits per heavy atom. The molecule has 1 unspecified atom stereocenters. The Bertz CT molecular complexity index is 637. The van der Waals surface area contributed by atoms with Gasteiger partial charge in [0.1, 0.15) is 17.4 Å². The van der Waals surface area contributed by atoms with Crippen LogP contribution in [0.2, 0.25) is 5.02 Å². The zero-order chi connectivity index (χ0) is 15.4. The molecule has 0 aliphatic carbocycles. The van der Waals surface area contributed by atoms with Crippen molar-refractivity contribution in [3.63, 3.8) is 0 Å². The van der Waals surface area contributed by atoms with Gasteiger partial charge in [0.25, 0.3) is 0 Å². The summed E-state index contributed by atoms with van der Waals surface area (Å²) in [4.78, 5) is 0. The largest absolute Gasteiger partial charge is 0.496 e. The highest BCUT2D eigenvalue weighted by Crippen LogP contribution is 2.31. The Kier molecular flexibility index (Phi) is 5.12. The molecule has 1 atom stereocenters. The van der Waals surface area contributed by atoms with E-state index in [1.165, 1.54) is 25.3 Å². The fraction of sp³-hybridized carbons (Fsp3) is 0.200. The Labute approximate surface area is 126 Å². The van der Waals surface area contributed by atoms with Crippen molar-refractivity contribution in [1.29, 1.82) is 0 Å². The fourth-order valence-corrected chi connectivity index (χ4v) is 2.43. The lowest BCUT2D eigenvalue weighted by Crippen LogP contribution is -2.30. The molecule has 0 saturated carbocycles. The van der Waals surface area contributed by atoms with Crippen molar-refractivity contribution in [2.24, 2.45) is 5.84 Å². The molecule has 3 nitrogen and oxygen atoms in total. The van der Waals surface area contributed by atoms with Gasteiger partial charge in [0, 0.05) is 10.6 Å². The van der Waals surface area contributed by atoms with Crippen LogP contribution in [-0.4, -0.2) is 7.11 Å². The minimum absolute atomic E-state index is 0.269. The number of ether oxygens (including phenoxy) is 1. The molecule has 2 rings (SSSR count). The van der Waals surface area contributed by atoms with Gasteiger partial charge in [-0.05, 0) is 36.2 Å². The number of hydrazine groups is 1. The van der Waals surface area contributed by atoms with Crippen molar-refractivity contribution in [2.45, 2.75) is 12.5 Å². The maximum atomic E-state index is 14.1. The van der Waals surface area contributed by atoms with Gasteiger partial charge < -0.3 is 4.74 Å². The van der Waals surface area contributed by atoms with Crippen LogP contribution in [0.5, 0.6) is 5.75 Å². The quantitative estimate of drug-likeness (QED) is 0.657. The third-order valence-electron chi connectivity index (χ3n) is 3.22. The van der Waals surface area contributed by atoms with Gasteiger partial charge in [-0.3, -0.25) is 11.3 Å². The van der Waals surface area contributed by atoms with E-state index in [-0.39, 0.29) is 5.02 Å². The number of hydrogen-bond acceptors (Lipinski definition) is 3. The summed E-state index contributed by atoms with van der Waals surface area (Å²) < 4.78 is 32.3.